The van der Waals surface area contributed by atoms with E-state index >= 15 is 0 Å². The lowest BCUT2D eigenvalue weighted by Gasteiger charge is -2.11. The van der Waals surface area contributed by atoms with Gasteiger partial charge in [-0.15, -0.1) is 0 Å². The van der Waals surface area contributed by atoms with E-state index in [1.54, 1.807) is 55.6 Å². The van der Waals surface area contributed by atoms with Crippen LogP contribution in [0.1, 0.15) is 10.6 Å². The maximum atomic E-state index is 12.5. The van der Waals surface area contributed by atoms with Crippen molar-refractivity contribution >= 4 is 34.8 Å². The van der Waals surface area contributed by atoms with Crippen molar-refractivity contribution in [1.29, 1.82) is 0 Å². The van der Waals surface area contributed by atoms with E-state index in [2.05, 4.69) is 5.32 Å². The standard InChI is InChI=1S/C19H15Cl2NO4/c1-24-11-6-7-16(25-2)14(10-11)22-19(23)17-9-8-15(26-17)12-4-3-5-13(20)18(12)21/h3-10H,1-2H3,(H,22,23). The number of carbonyl (C=O) groups excluding carboxylic acids is 1. The topological polar surface area (TPSA) is 60.7 Å². The Morgan fingerprint density at radius 1 is 1.04 bits per heavy atom. The maximum Gasteiger partial charge on any atom is 0.291 e. The van der Waals surface area contributed by atoms with Crippen LogP contribution in [0.4, 0.5) is 5.69 Å². The Balaban J connectivity index is 1.86. The summed E-state index contributed by atoms with van der Waals surface area (Å²) in [6.07, 6.45) is 0. The number of amides is 1. The highest BCUT2D eigenvalue weighted by Crippen LogP contribution is 2.35. The summed E-state index contributed by atoms with van der Waals surface area (Å²) in [5, 5.41) is 3.52. The minimum Gasteiger partial charge on any atom is -0.497 e. The molecule has 0 radical (unpaired) electrons. The largest absolute Gasteiger partial charge is 0.497 e. The van der Waals surface area contributed by atoms with E-state index in [4.69, 9.17) is 37.1 Å². The second-order valence-electron chi connectivity index (χ2n) is 5.29. The second kappa shape index (κ2) is 7.72. The van der Waals surface area contributed by atoms with E-state index in [0.29, 0.717) is 38.6 Å². The molecule has 26 heavy (non-hydrogen) atoms. The van der Waals surface area contributed by atoms with E-state index in [-0.39, 0.29) is 5.76 Å². The molecule has 0 atom stereocenters. The predicted octanol–water partition coefficient (Wildman–Crippen LogP) is 5.52. The van der Waals surface area contributed by atoms with Gasteiger partial charge in [0.1, 0.15) is 17.3 Å². The molecule has 1 N–H and O–H groups in total. The number of rotatable bonds is 5. The summed E-state index contributed by atoms with van der Waals surface area (Å²) in [6, 6.07) is 13.5. The molecule has 0 aliphatic heterocycles. The van der Waals surface area contributed by atoms with Gasteiger partial charge < -0.3 is 19.2 Å². The summed E-state index contributed by atoms with van der Waals surface area (Å²) < 4.78 is 16.1. The number of hydrogen-bond acceptors (Lipinski definition) is 4. The third-order valence-electron chi connectivity index (χ3n) is 3.70. The molecule has 3 aromatic rings. The number of carbonyl (C=O) groups is 1. The number of furan rings is 1. The average molecular weight is 392 g/mol. The predicted molar refractivity (Wildman–Crippen MR) is 102 cm³/mol. The minimum absolute atomic E-state index is 0.126. The SMILES string of the molecule is COc1ccc(OC)c(NC(=O)c2ccc(-c3cccc(Cl)c3Cl)o2)c1. The molecule has 2 aromatic carbocycles. The molecule has 1 aromatic heterocycles. The van der Waals surface area contributed by atoms with Crippen LogP contribution in [0.25, 0.3) is 11.3 Å². The number of ether oxygens (including phenoxy) is 2. The molecule has 5 nitrogen and oxygen atoms in total. The van der Waals surface area contributed by atoms with Crippen molar-refractivity contribution in [2.24, 2.45) is 0 Å². The van der Waals surface area contributed by atoms with Crippen LogP contribution in [0.2, 0.25) is 10.0 Å². The molecule has 0 aliphatic rings. The molecule has 7 heteroatoms. The molecule has 0 bridgehead atoms. The van der Waals surface area contributed by atoms with Crippen molar-refractivity contribution in [3.8, 4) is 22.8 Å². The molecule has 1 heterocycles. The summed E-state index contributed by atoms with van der Waals surface area (Å²) in [5.41, 5.74) is 1.08. The van der Waals surface area contributed by atoms with Crippen LogP contribution < -0.4 is 14.8 Å². The number of hydrogen-bond donors (Lipinski definition) is 1. The molecule has 134 valence electrons. The van der Waals surface area contributed by atoms with Gasteiger partial charge in [-0.05, 0) is 36.4 Å². The van der Waals surface area contributed by atoms with E-state index in [1.807, 2.05) is 0 Å². The summed E-state index contributed by atoms with van der Waals surface area (Å²) in [5.74, 6) is 1.23. The van der Waals surface area contributed by atoms with Crippen LogP contribution in [0, 0.1) is 0 Å². The van der Waals surface area contributed by atoms with Gasteiger partial charge >= 0.3 is 0 Å². The third kappa shape index (κ3) is 3.64. The molecule has 0 saturated heterocycles. The highest BCUT2D eigenvalue weighted by Gasteiger charge is 2.17. The lowest BCUT2D eigenvalue weighted by Crippen LogP contribution is -2.11. The van der Waals surface area contributed by atoms with Crippen molar-refractivity contribution < 1.29 is 18.7 Å². The van der Waals surface area contributed by atoms with Gasteiger partial charge in [0, 0.05) is 11.6 Å². The molecule has 0 spiro atoms. The first-order chi connectivity index (χ1) is 12.5. The fourth-order valence-corrected chi connectivity index (χ4v) is 2.79. The first-order valence-electron chi connectivity index (χ1n) is 7.61. The molecule has 0 unspecified atom stereocenters. The highest BCUT2D eigenvalue weighted by molar-refractivity contribution is 6.43. The summed E-state index contributed by atoms with van der Waals surface area (Å²) >= 11 is 12.2. The Bertz CT molecular complexity index is 952. The van der Waals surface area contributed by atoms with Crippen LogP contribution in [0.3, 0.4) is 0 Å². The van der Waals surface area contributed by atoms with E-state index in [0.717, 1.165) is 0 Å². The van der Waals surface area contributed by atoms with Crippen LogP contribution in [-0.4, -0.2) is 20.1 Å². The van der Waals surface area contributed by atoms with Crippen LogP contribution in [0.15, 0.2) is 52.9 Å². The number of nitrogens with one attached hydrogen (secondary N) is 1. The third-order valence-corrected chi connectivity index (χ3v) is 4.52. The lowest BCUT2D eigenvalue weighted by molar-refractivity contribution is 0.0997. The normalized spacial score (nSPS) is 10.5. The lowest BCUT2D eigenvalue weighted by atomic mass is 10.2. The summed E-state index contributed by atoms with van der Waals surface area (Å²) in [6.45, 7) is 0. The van der Waals surface area contributed by atoms with Gasteiger partial charge in [-0.25, -0.2) is 0 Å². The zero-order chi connectivity index (χ0) is 18.7. The van der Waals surface area contributed by atoms with Gasteiger partial charge in [0.15, 0.2) is 5.76 Å². The minimum atomic E-state index is -0.430. The van der Waals surface area contributed by atoms with Crippen molar-refractivity contribution in [3.05, 3.63) is 64.3 Å². The van der Waals surface area contributed by atoms with Gasteiger partial charge in [-0.2, -0.15) is 0 Å². The molecule has 0 fully saturated rings. The van der Waals surface area contributed by atoms with E-state index in [9.17, 15) is 4.79 Å². The first-order valence-corrected chi connectivity index (χ1v) is 8.36. The molecule has 0 aliphatic carbocycles. The van der Waals surface area contributed by atoms with Gasteiger partial charge in [0.25, 0.3) is 5.91 Å². The fraction of sp³-hybridized carbons (Fsp3) is 0.105. The average Bonchev–Trinajstić information content (AvgIpc) is 3.14. The summed E-state index contributed by atoms with van der Waals surface area (Å²) in [4.78, 5) is 12.5. The first kappa shape index (κ1) is 18.2. The number of methoxy groups -OCH3 is 2. The quantitative estimate of drug-likeness (QED) is 0.621. The highest BCUT2D eigenvalue weighted by atomic mass is 35.5. The Morgan fingerprint density at radius 2 is 1.85 bits per heavy atom. The van der Waals surface area contributed by atoms with E-state index < -0.39 is 5.91 Å². The fourth-order valence-electron chi connectivity index (χ4n) is 2.39. The number of halogens is 2. The van der Waals surface area contributed by atoms with Crippen molar-refractivity contribution in [2.75, 3.05) is 19.5 Å². The van der Waals surface area contributed by atoms with Crippen molar-refractivity contribution in [3.63, 3.8) is 0 Å². The zero-order valence-electron chi connectivity index (χ0n) is 14.0. The molecule has 0 saturated carbocycles. The number of benzene rings is 2. The molecule has 3 rings (SSSR count). The number of anilines is 1. The zero-order valence-corrected chi connectivity index (χ0v) is 15.5. The van der Waals surface area contributed by atoms with Gasteiger partial charge in [-0.1, -0.05) is 29.3 Å². The molecule has 1 amide bonds. The smallest absolute Gasteiger partial charge is 0.291 e. The van der Waals surface area contributed by atoms with Crippen LogP contribution >= 0.6 is 23.2 Å². The van der Waals surface area contributed by atoms with Gasteiger partial charge in [0.05, 0.1) is 30.0 Å². The Kier molecular flexibility index (Phi) is 5.40. The van der Waals surface area contributed by atoms with Crippen molar-refractivity contribution in [2.45, 2.75) is 0 Å². The van der Waals surface area contributed by atoms with Crippen LogP contribution in [-0.2, 0) is 0 Å². The van der Waals surface area contributed by atoms with Crippen molar-refractivity contribution in [1.82, 2.24) is 0 Å². The van der Waals surface area contributed by atoms with Crippen LogP contribution in [0.5, 0.6) is 11.5 Å². The van der Waals surface area contributed by atoms with E-state index in [1.165, 1.54) is 7.11 Å². The second-order valence-corrected chi connectivity index (χ2v) is 6.07. The Morgan fingerprint density at radius 3 is 2.58 bits per heavy atom. The molecular weight excluding hydrogens is 377 g/mol. The Labute approximate surface area is 160 Å². The summed E-state index contributed by atoms with van der Waals surface area (Å²) in [7, 11) is 3.06. The monoisotopic (exact) mass is 391 g/mol. The molecular formula is C19H15Cl2NO4. The van der Waals surface area contributed by atoms with Gasteiger partial charge in [-0.3, -0.25) is 4.79 Å². The Hall–Kier alpha value is -2.63. The van der Waals surface area contributed by atoms with Gasteiger partial charge in [0.2, 0.25) is 0 Å². The maximum absolute atomic E-state index is 12.5.